The number of rotatable bonds is 2. The molecular weight excluding hydrogens is 234 g/mol. The number of hydrogen-bond donors (Lipinski definition) is 1. The molecule has 1 N–H and O–H groups in total. The summed E-state index contributed by atoms with van der Waals surface area (Å²) in [6.07, 6.45) is 11.5. The van der Waals surface area contributed by atoms with Crippen molar-refractivity contribution >= 4 is 17.5 Å². The van der Waals surface area contributed by atoms with Crippen LogP contribution in [0.2, 0.25) is 0 Å². The van der Waals surface area contributed by atoms with Gasteiger partial charge in [-0.25, -0.2) is 9.97 Å². The molecule has 0 fully saturated rings. The molecule has 1 aromatic rings. The fraction of sp³-hybridized carbons (Fsp3) is 0.417. The lowest BCUT2D eigenvalue weighted by Crippen LogP contribution is -2.18. The normalized spacial score (nSPS) is 23.3. The van der Waals surface area contributed by atoms with E-state index >= 15 is 0 Å². The molecule has 1 aromatic heterocycles. The van der Waals surface area contributed by atoms with Crippen LogP contribution in [0.15, 0.2) is 40.9 Å². The van der Waals surface area contributed by atoms with Gasteiger partial charge in [0.1, 0.15) is 0 Å². The van der Waals surface area contributed by atoms with Gasteiger partial charge >= 0.3 is 0 Å². The first kappa shape index (κ1) is 12.1. The van der Waals surface area contributed by atoms with Gasteiger partial charge in [-0.05, 0) is 31.7 Å². The zero-order valence-corrected chi connectivity index (χ0v) is 10.3. The van der Waals surface area contributed by atoms with Crippen molar-refractivity contribution in [3.05, 3.63) is 30.6 Å². The molecule has 0 radical (unpaired) electrons. The number of thioether (sulfide) groups is 1. The van der Waals surface area contributed by atoms with Crippen LogP contribution in [0.3, 0.4) is 0 Å². The third-order valence-corrected chi connectivity index (χ3v) is 3.83. The molecule has 5 heteroatoms. The van der Waals surface area contributed by atoms with E-state index in [4.69, 9.17) is 5.21 Å². The highest BCUT2D eigenvalue weighted by atomic mass is 32.2. The highest BCUT2D eigenvalue weighted by molar-refractivity contribution is 8.00. The van der Waals surface area contributed by atoms with E-state index in [9.17, 15) is 0 Å². The molecule has 0 aliphatic heterocycles. The van der Waals surface area contributed by atoms with Gasteiger partial charge in [-0.15, -0.1) is 0 Å². The summed E-state index contributed by atoms with van der Waals surface area (Å²) in [7, 11) is 0. The zero-order chi connectivity index (χ0) is 11.9. The fourth-order valence-corrected chi connectivity index (χ4v) is 2.81. The Morgan fingerprint density at radius 2 is 2.00 bits per heavy atom. The fourth-order valence-electron chi connectivity index (χ4n) is 1.76. The standard InChI is InChI=1S/C12H15N3OS/c16-15-10-6-3-1-2-4-7-11(10)17-12-13-8-5-9-14-12/h1-2,5,8-9,11,16H,3-4,6-7H2/b2-1?,15-10+/t11-/m1/s1. The average molecular weight is 249 g/mol. The average Bonchev–Trinajstić information content (AvgIpc) is 2.34. The van der Waals surface area contributed by atoms with Crippen LogP contribution in [-0.4, -0.2) is 26.1 Å². The molecule has 90 valence electrons. The zero-order valence-electron chi connectivity index (χ0n) is 9.49. The van der Waals surface area contributed by atoms with Crippen LogP contribution in [0.4, 0.5) is 0 Å². The van der Waals surface area contributed by atoms with E-state index in [1.54, 1.807) is 30.2 Å². The Balaban J connectivity index is 2.08. The summed E-state index contributed by atoms with van der Waals surface area (Å²) in [6, 6.07) is 1.80. The van der Waals surface area contributed by atoms with Crippen molar-refractivity contribution in [2.45, 2.75) is 36.1 Å². The maximum absolute atomic E-state index is 9.07. The van der Waals surface area contributed by atoms with E-state index in [0.717, 1.165) is 36.6 Å². The third kappa shape index (κ3) is 3.56. The van der Waals surface area contributed by atoms with Gasteiger partial charge in [-0.2, -0.15) is 0 Å². The molecule has 0 bridgehead atoms. The van der Waals surface area contributed by atoms with Crippen LogP contribution < -0.4 is 0 Å². The molecule has 0 unspecified atom stereocenters. The Morgan fingerprint density at radius 1 is 1.24 bits per heavy atom. The van der Waals surface area contributed by atoms with Crippen LogP contribution in [0.25, 0.3) is 0 Å². The van der Waals surface area contributed by atoms with Crippen molar-refractivity contribution in [2.75, 3.05) is 0 Å². The molecule has 2 rings (SSSR count). The van der Waals surface area contributed by atoms with Crippen LogP contribution in [0.1, 0.15) is 25.7 Å². The number of nitrogens with zero attached hydrogens (tertiary/aromatic N) is 3. The van der Waals surface area contributed by atoms with Gasteiger partial charge in [0.2, 0.25) is 0 Å². The smallest absolute Gasteiger partial charge is 0.188 e. The Kier molecular flexibility index (Phi) is 4.55. The predicted molar refractivity (Wildman–Crippen MR) is 68.5 cm³/mol. The summed E-state index contributed by atoms with van der Waals surface area (Å²) in [5.41, 5.74) is 0.840. The molecule has 0 aromatic carbocycles. The number of allylic oxidation sites excluding steroid dienone is 2. The molecule has 1 atom stereocenters. The molecule has 0 spiro atoms. The molecule has 17 heavy (non-hydrogen) atoms. The van der Waals surface area contributed by atoms with Crippen LogP contribution >= 0.6 is 11.8 Å². The minimum absolute atomic E-state index is 0.173. The first-order valence-corrected chi connectivity index (χ1v) is 6.57. The quantitative estimate of drug-likeness (QED) is 0.379. The molecule has 1 aliphatic rings. The molecule has 0 saturated carbocycles. The van der Waals surface area contributed by atoms with Gasteiger partial charge in [0.25, 0.3) is 0 Å². The van der Waals surface area contributed by atoms with Crippen molar-refractivity contribution < 1.29 is 5.21 Å². The van der Waals surface area contributed by atoms with Crippen molar-refractivity contribution in [1.29, 1.82) is 0 Å². The second kappa shape index (κ2) is 6.39. The molecule has 4 nitrogen and oxygen atoms in total. The van der Waals surface area contributed by atoms with Gasteiger partial charge in [0.15, 0.2) is 5.16 Å². The van der Waals surface area contributed by atoms with Crippen LogP contribution in [0, 0.1) is 0 Å². The van der Waals surface area contributed by atoms with Crippen molar-refractivity contribution in [1.82, 2.24) is 9.97 Å². The first-order chi connectivity index (χ1) is 8.40. The van der Waals surface area contributed by atoms with Gasteiger partial charge < -0.3 is 5.21 Å². The third-order valence-electron chi connectivity index (χ3n) is 2.62. The predicted octanol–water partition coefficient (Wildman–Crippen LogP) is 2.90. The van der Waals surface area contributed by atoms with Gasteiger partial charge in [-0.1, -0.05) is 29.1 Å². The number of aromatic nitrogens is 2. The number of oxime groups is 1. The van der Waals surface area contributed by atoms with Crippen molar-refractivity contribution in [2.24, 2.45) is 5.16 Å². The molecule has 0 saturated heterocycles. The highest BCUT2D eigenvalue weighted by Crippen LogP contribution is 2.27. The minimum Gasteiger partial charge on any atom is -0.411 e. The molecule has 0 amide bonds. The molecule has 1 heterocycles. The maximum Gasteiger partial charge on any atom is 0.188 e. The lowest BCUT2D eigenvalue weighted by atomic mass is 10.0. The second-order valence-corrected chi connectivity index (χ2v) is 4.99. The SMILES string of the molecule is O/N=C1\CCC=CCC[C@H]1Sc1ncccn1. The minimum atomic E-state index is 0.173. The van der Waals surface area contributed by atoms with E-state index in [2.05, 4.69) is 27.3 Å². The monoisotopic (exact) mass is 249 g/mol. The summed E-state index contributed by atoms with van der Waals surface area (Å²) in [4.78, 5) is 8.39. The highest BCUT2D eigenvalue weighted by Gasteiger charge is 2.19. The lowest BCUT2D eigenvalue weighted by molar-refractivity contribution is 0.316. The summed E-state index contributed by atoms with van der Waals surface area (Å²) in [6.45, 7) is 0. The molecule has 1 aliphatic carbocycles. The summed E-state index contributed by atoms with van der Waals surface area (Å²) in [5.74, 6) is 0. The van der Waals surface area contributed by atoms with Gasteiger partial charge in [0.05, 0.1) is 11.0 Å². The summed E-state index contributed by atoms with van der Waals surface area (Å²) < 4.78 is 0. The Morgan fingerprint density at radius 3 is 2.76 bits per heavy atom. The van der Waals surface area contributed by atoms with Gasteiger partial charge in [-0.3, -0.25) is 0 Å². The Bertz CT molecular complexity index is 405. The lowest BCUT2D eigenvalue weighted by Gasteiger charge is -2.17. The Hall–Kier alpha value is -1.36. The topological polar surface area (TPSA) is 58.4 Å². The van der Waals surface area contributed by atoms with E-state index in [1.165, 1.54) is 0 Å². The Labute approximate surface area is 105 Å². The summed E-state index contributed by atoms with van der Waals surface area (Å²) >= 11 is 1.57. The van der Waals surface area contributed by atoms with Crippen LogP contribution in [0.5, 0.6) is 0 Å². The maximum atomic E-state index is 9.07. The van der Waals surface area contributed by atoms with Crippen molar-refractivity contribution in [3.63, 3.8) is 0 Å². The van der Waals surface area contributed by atoms with Gasteiger partial charge in [0, 0.05) is 12.4 Å². The van der Waals surface area contributed by atoms with E-state index < -0.39 is 0 Å². The van der Waals surface area contributed by atoms with E-state index in [-0.39, 0.29) is 5.25 Å². The summed E-state index contributed by atoms with van der Waals surface area (Å²) in [5, 5.41) is 13.4. The van der Waals surface area contributed by atoms with Crippen LogP contribution in [-0.2, 0) is 0 Å². The molecular formula is C12H15N3OS. The second-order valence-electron chi connectivity index (χ2n) is 3.82. The number of hydrogen-bond acceptors (Lipinski definition) is 5. The van der Waals surface area contributed by atoms with Crippen molar-refractivity contribution in [3.8, 4) is 0 Å². The van der Waals surface area contributed by atoms with E-state index in [1.807, 2.05) is 0 Å². The van der Waals surface area contributed by atoms with E-state index in [0.29, 0.717) is 0 Å². The first-order valence-electron chi connectivity index (χ1n) is 5.69. The largest absolute Gasteiger partial charge is 0.411 e.